The van der Waals surface area contributed by atoms with E-state index in [9.17, 15) is 0 Å². The average molecular weight is 278 g/mol. The predicted octanol–water partition coefficient (Wildman–Crippen LogP) is 4.83. The van der Waals surface area contributed by atoms with E-state index in [0.717, 1.165) is 27.6 Å². The maximum absolute atomic E-state index is 6.23. The number of hydrogen-bond acceptors (Lipinski definition) is 2. The third-order valence-electron chi connectivity index (χ3n) is 2.92. The van der Waals surface area contributed by atoms with Crippen LogP contribution in [0.1, 0.15) is 16.7 Å². The molecule has 0 saturated heterocycles. The molecule has 2 aromatic carbocycles. The first-order valence-corrected chi connectivity index (χ1v) is 7.17. The van der Waals surface area contributed by atoms with Crippen molar-refractivity contribution in [1.29, 1.82) is 0 Å². The van der Waals surface area contributed by atoms with Gasteiger partial charge in [0.15, 0.2) is 0 Å². The third-order valence-corrected chi connectivity index (χ3v) is 4.48. The van der Waals surface area contributed by atoms with Crippen molar-refractivity contribution in [3.8, 4) is 0 Å². The number of anilines is 1. The molecule has 0 saturated carbocycles. The van der Waals surface area contributed by atoms with E-state index in [1.807, 2.05) is 25.1 Å². The van der Waals surface area contributed by atoms with Gasteiger partial charge in [-0.1, -0.05) is 29.8 Å². The summed E-state index contributed by atoms with van der Waals surface area (Å²) >= 11 is 8.00. The lowest BCUT2D eigenvalue weighted by Gasteiger charge is -2.09. The zero-order valence-electron chi connectivity index (χ0n) is 10.5. The second-order valence-corrected chi connectivity index (χ2v) is 5.78. The van der Waals surface area contributed by atoms with E-state index in [-0.39, 0.29) is 0 Å². The van der Waals surface area contributed by atoms with Crippen LogP contribution < -0.4 is 5.73 Å². The van der Waals surface area contributed by atoms with Crippen LogP contribution >= 0.6 is 23.4 Å². The Morgan fingerprint density at radius 3 is 2.67 bits per heavy atom. The molecule has 0 atom stereocenters. The van der Waals surface area contributed by atoms with Crippen molar-refractivity contribution in [1.82, 2.24) is 0 Å². The molecule has 2 rings (SSSR count). The van der Waals surface area contributed by atoms with Crippen LogP contribution in [0.2, 0.25) is 5.02 Å². The van der Waals surface area contributed by atoms with Gasteiger partial charge in [-0.2, -0.15) is 0 Å². The molecule has 0 aliphatic carbocycles. The smallest absolute Gasteiger partial charge is 0.0449 e. The molecule has 0 bridgehead atoms. The summed E-state index contributed by atoms with van der Waals surface area (Å²) in [6, 6.07) is 12.2. The highest BCUT2D eigenvalue weighted by Gasteiger charge is 2.05. The van der Waals surface area contributed by atoms with E-state index in [0.29, 0.717) is 0 Å². The van der Waals surface area contributed by atoms with Crippen LogP contribution in [0.4, 0.5) is 5.69 Å². The van der Waals surface area contributed by atoms with Crippen LogP contribution in [0.25, 0.3) is 0 Å². The van der Waals surface area contributed by atoms with Crippen LogP contribution in [0.5, 0.6) is 0 Å². The lowest BCUT2D eigenvalue weighted by atomic mass is 10.2. The van der Waals surface area contributed by atoms with E-state index in [2.05, 4.69) is 25.1 Å². The van der Waals surface area contributed by atoms with E-state index in [1.165, 1.54) is 10.5 Å². The SMILES string of the molecule is Cc1ccc(CSc2cccc(N)c2C)c(Cl)c1. The fourth-order valence-electron chi connectivity index (χ4n) is 1.71. The molecular formula is C15H16ClNS. The average Bonchev–Trinajstić information content (AvgIpc) is 2.33. The molecule has 0 radical (unpaired) electrons. The fourth-order valence-corrected chi connectivity index (χ4v) is 3.17. The Morgan fingerprint density at radius 2 is 1.94 bits per heavy atom. The zero-order valence-corrected chi connectivity index (χ0v) is 12.1. The van der Waals surface area contributed by atoms with Crippen molar-refractivity contribution in [3.05, 3.63) is 58.1 Å². The number of thioether (sulfide) groups is 1. The van der Waals surface area contributed by atoms with Gasteiger partial charge in [0.05, 0.1) is 0 Å². The topological polar surface area (TPSA) is 26.0 Å². The van der Waals surface area contributed by atoms with Gasteiger partial charge < -0.3 is 5.73 Å². The summed E-state index contributed by atoms with van der Waals surface area (Å²) in [5.74, 6) is 0.864. The number of rotatable bonds is 3. The van der Waals surface area contributed by atoms with Gasteiger partial charge in [-0.15, -0.1) is 11.8 Å². The van der Waals surface area contributed by atoms with Gasteiger partial charge in [0, 0.05) is 21.4 Å². The fraction of sp³-hybridized carbons (Fsp3) is 0.200. The Bertz CT molecular complexity index is 566. The summed E-state index contributed by atoms with van der Waals surface area (Å²) in [5, 5.41) is 0.837. The summed E-state index contributed by atoms with van der Waals surface area (Å²) in [6.07, 6.45) is 0. The van der Waals surface area contributed by atoms with Crippen LogP contribution in [-0.4, -0.2) is 0 Å². The van der Waals surface area contributed by atoms with Crippen molar-refractivity contribution in [2.24, 2.45) is 0 Å². The normalized spacial score (nSPS) is 10.6. The summed E-state index contributed by atoms with van der Waals surface area (Å²) in [5.41, 5.74) is 10.2. The molecular weight excluding hydrogens is 262 g/mol. The molecule has 2 aromatic rings. The minimum Gasteiger partial charge on any atom is -0.398 e. The Hall–Kier alpha value is -1.12. The molecule has 18 heavy (non-hydrogen) atoms. The van der Waals surface area contributed by atoms with E-state index >= 15 is 0 Å². The molecule has 0 aliphatic rings. The third kappa shape index (κ3) is 3.01. The standard InChI is InChI=1S/C15H16ClNS/c1-10-6-7-12(13(16)8-10)9-18-15-5-3-4-14(17)11(15)2/h3-8H,9,17H2,1-2H3. The molecule has 3 heteroatoms. The minimum absolute atomic E-state index is 0.837. The molecule has 0 unspecified atom stereocenters. The Balaban J connectivity index is 2.14. The summed E-state index contributed by atoms with van der Waals surface area (Å²) in [6.45, 7) is 4.10. The minimum atomic E-state index is 0.837. The van der Waals surface area contributed by atoms with Gasteiger partial charge in [0.1, 0.15) is 0 Å². The molecule has 0 aliphatic heterocycles. The van der Waals surface area contributed by atoms with E-state index < -0.39 is 0 Å². The maximum atomic E-state index is 6.23. The number of hydrogen-bond donors (Lipinski definition) is 1. The molecule has 0 heterocycles. The highest BCUT2D eigenvalue weighted by Crippen LogP contribution is 2.31. The number of halogens is 1. The quantitative estimate of drug-likeness (QED) is 0.642. The summed E-state index contributed by atoms with van der Waals surface area (Å²) in [7, 11) is 0. The molecule has 0 fully saturated rings. The maximum Gasteiger partial charge on any atom is 0.0449 e. The number of aryl methyl sites for hydroxylation is 1. The van der Waals surface area contributed by atoms with Crippen LogP contribution in [0.3, 0.4) is 0 Å². The first kappa shape index (κ1) is 13.3. The van der Waals surface area contributed by atoms with Crippen molar-refractivity contribution in [3.63, 3.8) is 0 Å². The van der Waals surface area contributed by atoms with E-state index in [4.69, 9.17) is 17.3 Å². The second kappa shape index (κ2) is 5.68. The Morgan fingerprint density at radius 1 is 1.17 bits per heavy atom. The molecule has 0 amide bonds. The van der Waals surface area contributed by atoms with Gasteiger partial charge in [-0.05, 0) is 48.7 Å². The lowest BCUT2D eigenvalue weighted by molar-refractivity contribution is 1.29. The zero-order chi connectivity index (χ0) is 13.1. The molecule has 2 N–H and O–H groups in total. The van der Waals surface area contributed by atoms with Crippen molar-refractivity contribution in [2.75, 3.05) is 5.73 Å². The highest BCUT2D eigenvalue weighted by molar-refractivity contribution is 7.98. The van der Waals surface area contributed by atoms with Crippen molar-refractivity contribution < 1.29 is 0 Å². The summed E-state index contributed by atoms with van der Waals surface area (Å²) < 4.78 is 0. The largest absolute Gasteiger partial charge is 0.398 e. The van der Waals surface area contributed by atoms with Gasteiger partial charge in [0.2, 0.25) is 0 Å². The van der Waals surface area contributed by atoms with Gasteiger partial charge in [-0.3, -0.25) is 0 Å². The predicted molar refractivity (Wildman–Crippen MR) is 81.3 cm³/mol. The number of nitrogens with two attached hydrogens (primary N) is 1. The highest BCUT2D eigenvalue weighted by atomic mass is 35.5. The lowest BCUT2D eigenvalue weighted by Crippen LogP contribution is -1.91. The van der Waals surface area contributed by atoms with Crippen LogP contribution in [0, 0.1) is 13.8 Å². The molecule has 0 spiro atoms. The van der Waals surface area contributed by atoms with Gasteiger partial charge in [0.25, 0.3) is 0 Å². The van der Waals surface area contributed by atoms with Gasteiger partial charge in [-0.25, -0.2) is 0 Å². The first-order valence-electron chi connectivity index (χ1n) is 5.81. The summed E-state index contributed by atoms with van der Waals surface area (Å²) in [4.78, 5) is 1.21. The van der Waals surface area contributed by atoms with E-state index in [1.54, 1.807) is 11.8 Å². The first-order chi connectivity index (χ1) is 8.58. The number of nitrogen functional groups attached to an aromatic ring is 1. The Kier molecular flexibility index (Phi) is 4.20. The Labute approximate surface area is 117 Å². The van der Waals surface area contributed by atoms with Gasteiger partial charge >= 0.3 is 0 Å². The van der Waals surface area contributed by atoms with Crippen molar-refractivity contribution >= 4 is 29.1 Å². The monoisotopic (exact) mass is 277 g/mol. The second-order valence-electron chi connectivity index (χ2n) is 4.35. The van der Waals surface area contributed by atoms with Crippen LogP contribution in [-0.2, 0) is 5.75 Å². The number of benzene rings is 2. The molecule has 0 aromatic heterocycles. The molecule has 1 nitrogen and oxygen atoms in total. The van der Waals surface area contributed by atoms with Crippen molar-refractivity contribution in [2.45, 2.75) is 24.5 Å². The van der Waals surface area contributed by atoms with Crippen LogP contribution in [0.15, 0.2) is 41.3 Å². The molecule has 94 valence electrons.